The van der Waals surface area contributed by atoms with Crippen LogP contribution in [-0.2, 0) is 20.8 Å². The summed E-state index contributed by atoms with van der Waals surface area (Å²) in [6.07, 6.45) is 5.68. The highest BCUT2D eigenvalue weighted by atomic mass is 16.5. The van der Waals surface area contributed by atoms with Crippen molar-refractivity contribution in [3.05, 3.63) is 30.1 Å². The van der Waals surface area contributed by atoms with E-state index in [1.807, 2.05) is 23.4 Å². The number of rotatable bonds is 3. The highest BCUT2D eigenvalue weighted by Crippen LogP contribution is 2.34. The Morgan fingerprint density at radius 1 is 1.28 bits per heavy atom. The molecule has 3 aliphatic heterocycles. The van der Waals surface area contributed by atoms with Gasteiger partial charge in [0.15, 0.2) is 0 Å². The predicted molar refractivity (Wildman–Crippen MR) is 92.9 cm³/mol. The maximum Gasteiger partial charge on any atom is 0.228 e. The van der Waals surface area contributed by atoms with E-state index in [1.54, 1.807) is 0 Å². The highest BCUT2D eigenvalue weighted by Gasteiger charge is 2.43. The van der Waals surface area contributed by atoms with Gasteiger partial charge in [0.2, 0.25) is 5.91 Å². The summed E-state index contributed by atoms with van der Waals surface area (Å²) in [4.78, 5) is 21.6. The Balaban J connectivity index is 1.41. The zero-order chi connectivity index (χ0) is 17.1. The molecule has 6 heteroatoms. The van der Waals surface area contributed by atoms with Crippen LogP contribution < -0.4 is 0 Å². The second-order valence-corrected chi connectivity index (χ2v) is 7.69. The molecular weight excluding hydrogens is 318 g/mol. The van der Waals surface area contributed by atoms with Gasteiger partial charge in [-0.2, -0.15) is 0 Å². The van der Waals surface area contributed by atoms with Crippen LogP contribution in [0.1, 0.15) is 18.4 Å². The highest BCUT2D eigenvalue weighted by molar-refractivity contribution is 5.79. The van der Waals surface area contributed by atoms with Crippen LogP contribution in [0.15, 0.2) is 24.5 Å². The number of hydrogen-bond acceptors (Lipinski definition) is 5. The summed E-state index contributed by atoms with van der Waals surface area (Å²) in [5.41, 5.74) is 1.30. The normalized spacial score (nSPS) is 30.7. The molecule has 4 rings (SSSR count). The maximum absolute atomic E-state index is 12.8. The van der Waals surface area contributed by atoms with Crippen LogP contribution in [0.3, 0.4) is 0 Å². The lowest BCUT2D eigenvalue weighted by molar-refractivity contribution is -0.136. The van der Waals surface area contributed by atoms with Gasteiger partial charge in [0, 0.05) is 50.6 Å². The minimum Gasteiger partial charge on any atom is -0.381 e. The van der Waals surface area contributed by atoms with Crippen molar-refractivity contribution in [1.29, 1.82) is 0 Å². The third kappa shape index (κ3) is 3.86. The third-order valence-electron chi connectivity index (χ3n) is 5.68. The molecule has 2 unspecified atom stereocenters. The van der Waals surface area contributed by atoms with Crippen LogP contribution in [0, 0.1) is 11.3 Å². The van der Waals surface area contributed by atoms with Crippen LogP contribution in [0.5, 0.6) is 0 Å². The van der Waals surface area contributed by atoms with Gasteiger partial charge in [-0.1, -0.05) is 6.07 Å². The first-order valence-electron chi connectivity index (χ1n) is 9.30. The van der Waals surface area contributed by atoms with Crippen LogP contribution >= 0.6 is 0 Å². The van der Waals surface area contributed by atoms with E-state index in [9.17, 15) is 4.79 Å². The summed E-state index contributed by atoms with van der Waals surface area (Å²) in [6, 6.07) is 4.11. The van der Waals surface area contributed by atoms with Crippen molar-refractivity contribution in [3.8, 4) is 0 Å². The number of ether oxygens (including phenoxy) is 2. The molecule has 0 bridgehead atoms. The van der Waals surface area contributed by atoms with Crippen molar-refractivity contribution in [3.63, 3.8) is 0 Å². The SMILES string of the molecule is O=C(C1CCOC1)N1CCOCC2(CCN(Cc3cccnc3)C2)C1. The Morgan fingerprint density at radius 3 is 3.04 bits per heavy atom. The van der Waals surface area contributed by atoms with Gasteiger partial charge in [0.25, 0.3) is 0 Å². The first kappa shape index (κ1) is 16.9. The summed E-state index contributed by atoms with van der Waals surface area (Å²) in [5, 5.41) is 0. The summed E-state index contributed by atoms with van der Waals surface area (Å²) in [5.74, 6) is 0.302. The Bertz CT molecular complexity index is 591. The fourth-order valence-corrected chi connectivity index (χ4v) is 4.33. The minimum absolute atomic E-state index is 0.0445. The van der Waals surface area contributed by atoms with Gasteiger partial charge in [-0.25, -0.2) is 0 Å². The second-order valence-electron chi connectivity index (χ2n) is 7.69. The van der Waals surface area contributed by atoms with Gasteiger partial charge in [-0.3, -0.25) is 14.7 Å². The molecule has 6 nitrogen and oxygen atoms in total. The standard InChI is InChI=1S/C19H27N3O3/c23-18(17-3-8-24-12-17)22-7-9-25-15-19(14-22)4-6-21(13-19)11-16-2-1-5-20-10-16/h1-2,5,10,17H,3-4,6-9,11-15H2. The first-order chi connectivity index (χ1) is 12.2. The fourth-order valence-electron chi connectivity index (χ4n) is 4.33. The average molecular weight is 345 g/mol. The van der Waals surface area contributed by atoms with E-state index in [0.29, 0.717) is 26.4 Å². The monoisotopic (exact) mass is 345 g/mol. The largest absolute Gasteiger partial charge is 0.381 e. The van der Waals surface area contributed by atoms with Gasteiger partial charge in [0.1, 0.15) is 0 Å². The van der Waals surface area contributed by atoms with Gasteiger partial charge >= 0.3 is 0 Å². The summed E-state index contributed by atoms with van der Waals surface area (Å²) < 4.78 is 11.3. The molecule has 1 spiro atoms. The molecule has 0 N–H and O–H groups in total. The van der Waals surface area contributed by atoms with Crippen LogP contribution in [0.4, 0.5) is 0 Å². The van der Waals surface area contributed by atoms with E-state index >= 15 is 0 Å². The molecule has 0 aromatic carbocycles. The molecule has 1 aromatic heterocycles. The van der Waals surface area contributed by atoms with E-state index in [4.69, 9.17) is 9.47 Å². The lowest BCUT2D eigenvalue weighted by atomic mass is 9.87. The Hall–Kier alpha value is -1.50. The number of pyridine rings is 1. The van der Waals surface area contributed by atoms with Gasteiger partial charge < -0.3 is 14.4 Å². The molecular formula is C19H27N3O3. The van der Waals surface area contributed by atoms with Crippen LogP contribution in [0.25, 0.3) is 0 Å². The molecule has 1 aromatic rings. The third-order valence-corrected chi connectivity index (χ3v) is 5.68. The number of likely N-dealkylation sites (tertiary alicyclic amines) is 1. The van der Waals surface area contributed by atoms with Crippen molar-refractivity contribution < 1.29 is 14.3 Å². The number of amides is 1. The molecule has 0 saturated carbocycles. The molecule has 4 heterocycles. The predicted octanol–water partition coefficient (Wildman–Crippen LogP) is 1.17. The molecule has 0 aliphatic carbocycles. The molecule has 136 valence electrons. The van der Waals surface area contributed by atoms with Crippen molar-refractivity contribution in [2.24, 2.45) is 11.3 Å². The molecule has 3 saturated heterocycles. The fraction of sp³-hybridized carbons (Fsp3) is 0.684. The van der Waals surface area contributed by atoms with E-state index in [-0.39, 0.29) is 17.2 Å². The van der Waals surface area contributed by atoms with E-state index in [2.05, 4.69) is 16.0 Å². The number of hydrogen-bond donors (Lipinski definition) is 0. The Labute approximate surface area is 149 Å². The van der Waals surface area contributed by atoms with Gasteiger partial charge in [0.05, 0.1) is 25.7 Å². The quantitative estimate of drug-likeness (QED) is 0.823. The van der Waals surface area contributed by atoms with Crippen molar-refractivity contribution in [1.82, 2.24) is 14.8 Å². The molecule has 0 radical (unpaired) electrons. The number of aromatic nitrogens is 1. The van der Waals surface area contributed by atoms with Crippen LogP contribution in [-0.4, -0.2) is 73.3 Å². The van der Waals surface area contributed by atoms with E-state index < -0.39 is 0 Å². The van der Waals surface area contributed by atoms with Crippen molar-refractivity contribution >= 4 is 5.91 Å². The molecule has 3 aliphatic rings. The van der Waals surface area contributed by atoms with Crippen molar-refractivity contribution in [2.75, 3.05) is 52.6 Å². The molecule has 3 fully saturated rings. The minimum atomic E-state index is 0.0445. The average Bonchev–Trinajstić information content (AvgIpc) is 3.24. The molecule has 25 heavy (non-hydrogen) atoms. The smallest absolute Gasteiger partial charge is 0.228 e. The second kappa shape index (κ2) is 7.40. The summed E-state index contributed by atoms with van der Waals surface area (Å²) in [7, 11) is 0. The summed E-state index contributed by atoms with van der Waals surface area (Å²) >= 11 is 0. The van der Waals surface area contributed by atoms with E-state index in [0.717, 1.165) is 45.6 Å². The Morgan fingerprint density at radius 2 is 2.24 bits per heavy atom. The first-order valence-corrected chi connectivity index (χ1v) is 9.30. The van der Waals surface area contributed by atoms with Crippen LogP contribution in [0.2, 0.25) is 0 Å². The number of carbonyl (C=O) groups is 1. The molecule has 2 atom stereocenters. The van der Waals surface area contributed by atoms with E-state index in [1.165, 1.54) is 5.56 Å². The zero-order valence-electron chi connectivity index (χ0n) is 14.7. The van der Waals surface area contributed by atoms with Crippen molar-refractivity contribution in [2.45, 2.75) is 19.4 Å². The number of nitrogens with zero attached hydrogens (tertiary/aromatic N) is 3. The topological polar surface area (TPSA) is 54.9 Å². The van der Waals surface area contributed by atoms with Gasteiger partial charge in [-0.15, -0.1) is 0 Å². The lowest BCUT2D eigenvalue weighted by Crippen LogP contribution is -2.45. The zero-order valence-corrected chi connectivity index (χ0v) is 14.7. The number of carbonyl (C=O) groups excluding carboxylic acids is 1. The van der Waals surface area contributed by atoms with Gasteiger partial charge in [-0.05, 0) is 31.0 Å². The molecule has 1 amide bonds. The maximum atomic E-state index is 12.8. The Kier molecular flexibility index (Phi) is 5.01. The summed E-state index contributed by atoms with van der Waals surface area (Å²) in [6.45, 7) is 7.15. The lowest BCUT2D eigenvalue weighted by Gasteiger charge is -2.33.